The van der Waals surface area contributed by atoms with Gasteiger partial charge in [-0.2, -0.15) is 0 Å². The molecule has 0 saturated carbocycles. The molecular weight excluding hydrogens is 355 g/mol. The van der Waals surface area contributed by atoms with Crippen molar-refractivity contribution in [2.75, 3.05) is 36.2 Å². The molecule has 0 N–H and O–H groups in total. The van der Waals surface area contributed by atoms with Crippen molar-refractivity contribution in [1.29, 1.82) is 0 Å². The quantitative estimate of drug-likeness (QED) is 0.809. The van der Waals surface area contributed by atoms with Gasteiger partial charge in [-0.1, -0.05) is 0 Å². The Labute approximate surface area is 153 Å². The molecule has 0 aromatic heterocycles. The number of sulfone groups is 1. The Morgan fingerprint density at radius 1 is 1.08 bits per heavy atom. The van der Waals surface area contributed by atoms with Gasteiger partial charge >= 0.3 is 0 Å². The molecule has 1 aliphatic heterocycles. The molecule has 138 valence electrons. The fourth-order valence-corrected chi connectivity index (χ4v) is 3.87. The number of carbonyl (C=O) groups excluding carboxylic acids is 1. The Bertz CT molecular complexity index is 1000. The molecule has 0 fully saturated rings. The molecule has 7 heteroatoms. The van der Waals surface area contributed by atoms with Gasteiger partial charge in [-0.25, -0.2) is 12.8 Å². The van der Waals surface area contributed by atoms with Crippen LogP contribution in [0.1, 0.15) is 21.5 Å². The second-order valence-electron chi connectivity index (χ2n) is 6.70. The van der Waals surface area contributed by atoms with Crippen LogP contribution in [0.5, 0.6) is 0 Å². The van der Waals surface area contributed by atoms with Gasteiger partial charge in [0, 0.05) is 32.0 Å². The molecule has 0 atom stereocenters. The first-order valence-electron chi connectivity index (χ1n) is 8.23. The van der Waals surface area contributed by atoms with E-state index in [-0.39, 0.29) is 10.8 Å². The molecule has 26 heavy (non-hydrogen) atoms. The lowest BCUT2D eigenvalue weighted by Gasteiger charge is -2.36. The summed E-state index contributed by atoms with van der Waals surface area (Å²) in [6.07, 6.45) is 1.12. The summed E-state index contributed by atoms with van der Waals surface area (Å²) in [6.45, 7) is 4.57. The summed E-state index contributed by atoms with van der Waals surface area (Å²) in [5.41, 5.74) is 3.03. The van der Waals surface area contributed by atoms with Gasteiger partial charge in [-0.3, -0.25) is 4.79 Å². The third-order valence-corrected chi connectivity index (χ3v) is 5.94. The van der Waals surface area contributed by atoms with Crippen LogP contribution in [0.3, 0.4) is 0 Å². The number of hydrogen-bond acceptors (Lipinski definition) is 4. The second-order valence-corrected chi connectivity index (χ2v) is 8.71. The van der Waals surface area contributed by atoms with E-state index in [2.05, 4.69) is 0 Å². The van der Waals surface area contributed by atoms with Crippen LogP contribution in [-0.4, -0.2) is 40.7 Å². The lowest BCUT2D eigenvalue weighted by atomic mass is 10.0. The molecule has 0 saturated heterocycles. The molecule has 0 bridgehead atoms. The van der Waals surface area contributed by atoms with Crippen LogP contribution in [0.25, 0.3) is 0 Å². The van der Waals surface area contributed by atoms with E-state index in [0.717, 1.165) is 23.1 Å². The number of anilines is 2. The van der Waals surface area contributed by atoms with Crippen molar-refractivity contribution >= 4 is 27.1 Å². The van der Waals surface area contributed by atoms with Gasteiger partial charge in [-0.15, -0.1) is 0 Å². The Morgan fingerprint density at radius 2 is 1.77 bits per heavy atom. The normalized spacial score (nSPS) is 14.3. The average Bonchev–Trinajstić information content (AvgIpc) is 2.56. The van der Waals surface area contributed by atoms with Gasteiger partial charge in [-0.05, 0) is 55.3 Å². The highest BCUT2D eigenvalue weighted by Crippen LogP contribution is 2.34. The lowest BCUT2D eigenvalue weighted by molar-refractivity contribution is 0.0986. The molecular formula is C19H21FN2O3S. The van der Waals surface area contributed by atoms with Crippen molar-refractivity contribution in [1.82, 2.24) is 0 Å². The smallest absolute Gasteiger partial charge is 0.258 e. The highest BCUT2D eigenvalue weighted by Gasteiger charge is 2.28. The predicted molar refractivity (Wildman–Crippen MR) is 100 cm³/mol. The van der Waals surface area contributed by atoms with Crippen LogP contribution in [0.2, 0.25) is 0 Å². The third kappa shape index (κ3) is 3.19. The summed E-state index contributed by atoms with van der Waals surface area (Å²) in [6, 6.07) is 7.33. The van der Waals surface area contributed by atoms with E-state index < -0.39 is 15.7 Å². The van der Waals surface area contributed by atoms with Crippen molar-refractivity contribution in [3.63, 3.8) is 0 Å². The first-order chi connectivity index (χ1) is 12.1. The summed E-state index contributed by atoms with van der Waals surface area (Å²) in [4.78, 5) is 16.8. The first kappa shape index (κ1) is 18.4. The minimum Gasteiger partial charge on any atom is -0.371 e. The molecule has 3 rings (SSSR count). The zero-order valence-electron chi connectivity index (χ0n) is 15.2. The maximum atomic E-state index is 13.8. The zero-order valence-corrected chi connectivity index (χ0v) is 16.0. The standard InChI is InChI=1S/C19H21FN2O3S/c1-12-9-15(26(4,24)25)11-16(13(12)2)19(23)22-8-7-21(3)17-6-5-14(20)10-18(17)22/h5-6,9-11H,7-8H2,1-4H3. The van der Waals surface area contributed by atoms with Crippen molar-refractivity contribution < 1.29 is 17.6 Å². The van der Waals surface area contributed by atoms with E-state index in [9.17, 15) is 17.6 Å². The van der Waals surface area contributed by atoms with E-state index >= 15 is 0 Å². The van der Waals surface area contributed by atoms with Crippen LogP contribution in [0.15, 0.2) is 35.2 Å². The summed E-state index contributed by atoms with van der Waals surface area (Å²) in [5, 5.41) is 0. The molecule has 5 nitrogen and oxygen atoms in total. The number of aryl methyl sites for hydroxylation is 1. The molecule has 1 amide bonds. The number of amides is 1. The van der Waals surface area contributed by atoms with Gasteiger partial charge in [0.05, 0.1) is 16.3 Å². The summed E-state index contributed by atoms with van der Waals surface area (Å²) < 4.78 is 37.7. The molecule has 2 aromatic rings. The summed E-state index contributed by atoms with van der Waals surface area (Å²) in [7, 11) is -1.56. The predicted octanol–water partition coefficient (Wildman–Crippen LogP) is 2.94. The minimum atomic E-state index is -3.44. The Morgan fingerprint density at radius 3 is 2.42 bits per heavy atom. The summed E-state index contributed by atoms with van der Waals surface area (Å²) in [5.74, 6) is -0.745. The molecule has 2 aromatic carbocycles. The van der Waals surface area contributed by atoms with E-state index in [1.54, 1.807) is 26.0 Å². The van der Waals surface area contributed by atoms with Crippen LogP contribution in [0.4, 0.5) is 15.8 Å². The summed E-state index contributed by atoms with van der Waals surface area (Å²) >= 11 is 0. The fourth-order valence-electron chi connectivity index (χ4n) is 3.15. The van der Waals surface area contributed by atoms with Gasteiger partial charge in [0.25, 0.3) is 5.91 Å². The van der Waals surface area contributed by atoms with Gasteiger partial charge in [0.2, 0.25) is 0 Å². The lowest BCUT2D eigenvalue weighted by Crippen LogP contribution is -2.43. The highest BCUT2D eigenvalue weighted by atomic mass is 32.2. The van der Waals surface area contributed by atoms with E-state index in [0.29, 0.717) is 24.3 Å². The Balaban J connectivity index is 2.13. The maximum Gasteiger partial charge on any atom is 0.258 e. The monoisotopic (exact) mass is 376 g/mol. The van der Waals surface area contributed by atoms with E-state index in [1.807, 2.05) is 11.9 Å². The maximum absolute atomic E-state index is 13.8. The Hall–Kier alpha value is -2.41. The zero-order chi connectivity index (χ0) is 19.2. The topological polar surface area (TPSA) is 57.7 Å². The second kappa shape index (κ2) is 6.39. The molecule has 1 heterocycles. The number of hydrogen-bond donors (Lipinski definition) is 0. The number of rotatable bonds is 2. The minimum absolute atomic E-state index is 0.109. The van der Waals surface area contributed by atoms with Crippen LogP contribution in [0, 0.1) is 19.7 Å². The largest absolute Gasteiger partial charge is 0.371 e. The van der Waals surface area contributed by atoms with Gasteiger partial charge in [0.15, 0.2) is 9.84 Å². The van der Waals surface area contributed by atoms with Crippen LogP contribution < -0.4 is 9.80 Å². The molecule has 1 aliphatic rings. The Kier molecular flexibility index (Phi) is 4.52. The van der Waals surface area contributed by atoms with Crippen molar-refractivity contribution in [3.05, 3.63) is 52.8 Å². The molecule has 0 radical (unpaired) electrons. The van der Waals surface area contributed by atoms with Crippen LogP contribution in [-0.2, 0) is 9.84 Å². The van der Waals surface area contributed by atoms with Gasteiger partial charge < -0.3 is 9.80 Å². The van der Waals surface area contributed by atoms with Gasteiger partial charge in [0.1, 0.15) is 5.82 Å². The number of benzene rings is 2. The molecule has 0 unspecified atom stereocenters. The van der Waals surface area contributed by atoms with Crippen molar-refractivity contribution in [2.45, 2.75) is 18.7 Å². The van der Waals surface area contributed by atoms with E-state index in [1.165, 1.54) is 23.1 Å². The average molecular weight is 376 g/mol. The van der Waals surface area contributed by atoms with Crippen molar-refractivity contribution in [3.8, 4) is 0 Å². The first-order valence-corrected chi connectivity index (χ1v) is 10.1. The molecule has 0 aliphatic carbocycles. The third-order valence-electron chi connectivity index (χ3n) is 4.84. The number of carbonyl (C=O) groups is 1. The number of likely N-dealkylation sites (N-methyl/N-ethyl adjacent to an activating group) is 1. The SMILES string of the molecule is Cc1cc(S(C)(=O)=O)cc(C(=O)N2CCN(C)c3ccc(F)cc32)c1C. The molecule has 0 spiro atoms. The highest BCUT2D eigenvalue weighted by molar-refractivity contribution is 7.90. The van der Waals surface area contributed by atoms with E-state index in [4.69, 9.17) is 0 Å². The number of fused-ring (bicyclic) bond motifs is 1. The van der Waals surface area contributed by atoms with Crippen molar-refractivity contribution in [2.24, 2.45) is 0 Å². The number of halogens is 1. The van der Waals surface area contributed by atoms with Crippen LogP contribution >= 0.6 is 0 Å². The number of nitrogens with zero attached hydrogens (tertiary/aromatic N) is 2. The fraction of sp³-hybridized carbons (Fsp3) is 0.316.